The lowest BCUT2D eigenvalue weighted by molar-refractivity contribution is -0.139. The summed E-state index contributed by atoms with van der Waals surface area (Å²) in [6, 6.07) is 13.2. The van der Waals surface area contributed by atoms with Crippen LogP contribution in [-0.4, -0.2) is 35.3 Å². The summed E-state index contributed by atoms with van der Waals surface area (Å²) in [4.78, 5) is 40.4. The third kappa shape index (κ3) is 4.50. The van der Waals surface area contributed by atoms with E-state index in [2.05, 4.69) is 10.6 Å². The van der Waals surface area contributed by atoms with Crippen molar-refractivity contribution in [1.29, 1.82) is 0 Å². The molecule has 0 radical (unpaired) electrons. The highest BCUT2D eigenvalue weighted by molar-refractivity contribution is 7.09. The molecule has 29 heavy (non-hydrogen) atoms. The second-order valence-electron chi connectivity index (χ2n) is 7.70. The normalized spacial score (nSPS) is 24.0. The minimum atomic E-state index is -0.341. The number of rotatable bonds is 6. The summed E-state index contributed by atoms with van der Waals surface area (Å²) in [7, 11) is 0. The van der Waals surface area contributed by atoms with Gasteiger partial charge in [-0.25, -0.2) is 4.79 Å². The second-order valence-corrected chi connectivity index (χ2v) is 8.73. The number of benzene rings is 1. The number of amides is 4. The number of carbonyl (C=O) groups is 3. The molecule has 2 aromatic rings. The van der Waals surface area contributed by atoms with Crippen LogP contribution >= 0.6 is 11.3 Å². The van der Waals surface area contributed by atoms with E-state index in [0.29, 0.717) is 38.8 Å². The summed E-state index contributed by atoms with van der Waals surface area (Å²) >= 11 is 1.61. The molecule has 2 N–H and O–H groups in total. The van der Waals surface area contributed by atoms with Crippen molar-refractivity contribution in [2.24, 2.45) is 11.8 Å². The maximum absolute atomic E-state index is 12.9. The fourth-order valence-corrected chi connectivity index (χ4v) is 4.87. The van der Waals surface area contributed by atoms with Crippen LogP contribution in [0, 0.1) is 11.8 Å². The molecule has 7 heteroatoms. The first-order chi connectivity index (χ1) is 14.1. The van der Waals surface area contributed by atoms with Gasteiger partial charge in [-0.15, -0.1) is 11.3 Å². The van der Waals surface area contributed by atoms with E-state index in [-0.39, 0.29) is 35.7 Å². The number of hydrogen-bond acceptors (Lipinski definition) is 4. The van der Waals surface area contributed by atoms with Crippen LogP contribution < -0.4 is 10.6 Å². The van der Waals surface area contributed by atoms with Crippen molar-refractivity contribution < 1.29 is 14.4 Å². The van der Waals surface area contributed by atoms with Gasteiger partial charge in [0.2, 0.25) is 11.8 Å². The summed E-state index contributed by atoms with van der Waals surface area (Å²) in [5, 5.41) is 7.95. The Labute approximate surface area is 174 Å². The lowest BCUT2D eigenvalue weighted by Gasteiger charge is -2.42. The quantitative estimate of drug-likeness (QED) is 0.767. The molecule has 3 unspecified atom stereocenters. The first-order valence-electron chi connectivity index (χ1n) is 10.1. The van der Waals surface area contributed by atoms with Gasteiger partial charge in [0.1, 0.15) is 0 Å². The van der Waals surface area contributed by atoms with Gasteiger partial charge in [0.15, 0.2) is 0 Å². The number of carbonyl (C=O) groups excluding carboxylic acids is 3. The van der Waals surface area contributed by atoms with Crippen molar-refractivity contribution in [2.75, 3.05) is 6.54 Å². The predicted molar refractivity (Wildman–Crippen MR) is 111 cm³/mol. The Morgan fingerprint density at radius 3 is 2.72 bits per heavy atom. The molecule has 1 aliphatic heterocycles. The van der Waals surface area contributed by atoms with Gasteiger partial charge >= 0.3 is 6.03 Å². The Balaban J connectivity index is 1.32. The third-order valence-electron chi connectivity index (χ3n) is 5.84. The molecule has 1 aromatic heterocycles. The van der Waals surface area contributed by atoms with E-state index in [1.807, 2.05) is 47.8 Å². The zero-order valence-corrected chi connectivity index (χ0v) is 17.0. The number of nitrogens with one attached hydrogen (secondary N) is 2. The molecule has 4 rings (SSSR count). The average Bonchev–Trinajstić information content (AvgIpc) is 3.26. The van der Waals surface area contributed by atoms with Gasteiger partial charge in [-0.2, -0.15) is 0 Å². The van der Waals surface area contributed by atoms with Crippen LogP contribution in [0.2, 0.25) is 0 Å². The second kappa shape index (κ2) is 8.78. The van der Waals surface area contributed by atoms with E-state index in [9.17, 15) is 14.4 Å². The van der Waals surface area contributed by atoms with Crippen molar-refractivity contribution >= 4 is 29.2 Å². The number of nitrogens with zero attached hydrogens (tertiary/aromatic N) is 1. The summed E-state index contributed by atoms with van der Waals surface area (Å²) in [5.74, 6) is -0.498. The van der Waals surface area contributed by atoms with Gasteiger partial charge in [-0.05, 0) is 42.7 Å². The molecule has 2 aliphatic rings. The highest BCUT2D eigenvalue weighted by Gasteiger charge is 2.45. The predicted octanol–water partition coefficient (Wildman–Crippen LogP) is 2.94. The molecule has 1 saturated carbocycles. The lowest BCUT2D eigenvalue weighted by atomic mass is 9.76. The van der Waals surface area contributed by atoms with Gasteiger partial charge in [-0.1, -0.05) is 36.4 Å². The van der Waals surface area contributed by atoms with E-state index in [4.69, 9.17) is 0 Å². The summed E-state index contributed by atoms with van der Waals surface area (Å²) in [5.41, 5.74) is 1.10. The van der Waals surface area contributed by atoms with Crippen LogP contribution in [0.4, 0.5) is 4.79 Å². The molecule has 6 nitrogen and oxygen atoms in total. The average molecular weight is 412 g/mol. The molecule has 2 fully saturated rings. The van der Waals surface area contributed by atoms with Crippen LogP contribution in [-0.2, 0) is 22.6 Å². The first kappa shape index (κ1) is 19.6. The topological polar surface area (TPSA) is 78.5 Å². The number of urea groups is 1. The molecule has 0 bridgehead atoms. The maximum Gasteiger partial charge on any atom is 0.324 e. The van der Waals surface area contributed by atoms with Crippen LogP contribution in [0.3, 0.4) is 0 Å². The number of hydrogen-bond donors (Lipinski definition) is 2. The van der Waals surface area contributed by atoms with Gasteiger partial charge in [0.25, 0.3) is 0 Å². The fraction of sp³-hybridized carbons (Fsp3) is 0.409. The summed E-state index contributed by atoms with van der Waals surface area (Å²) in [6.07, 6.45) is 2.46. The smallest absolute Gasteiger partial charge is 0.324 e. The minimum Gasteiger partial charge on any atom is -0.351 e. The van der Waals surface area contributed by atoms with E-state index in [0.717, 1.165) is 10.4 Å². The van der Waals surface area contributed by atoms with Crippen molar-refractivity contribution in [1.82, 2.24) is 15.5 Å². The van der Waals surface area contributed by atoms with Crippen molar-refractivity contribution in [3.63, 3.8) is 0 Å². The van der Waals surface area contributed by atoms with Gasteiger partial charge in [0, 0.05) is 23.4 Å². The van der Waals surface area contributed by atoms with Crippen LogP contribution in [0.15, 0.2) is 47.8 Å². The Hall–Kier alpha value is -2.67. The minimum absolute atomic E-state index is 0.00468. The molecule has 1 saturated heterocycles. The van der Waals surface area contributed by atoms with Crippen molar-refractivity contribution in [3.05, 3.63) is 58.3 Å². The van der Waals surface area contributed by atoms with Crippen molar-refractivity contribution in [2.45, 2.75) is 38.3 Å². The highest BCUT2D eigenvalue weighted by Crippen LogP contribution is 2.33. The molecule has 1 aliphatic carbocycles. The van der Waals surface area contributed by atoms with E-state index in [1.54, 1.807) is 11.3 Å². The Kier molecular flexibility index (Phi) is 5.94. The third-order valence-corrected chi connectivity index (χ3v) is 6.72. The highest BCUT2D eigenvalue weighted by atomic mass is 32.1. The molecule has 2 heterocycles. The number of fused-ring (bicyclic) bond motifs is 1. The molecular weight excluding hydrogens is 386 g/mol. The Morgan fingerprint density at radius 2 is 1.97 bits per heavy atom. The van der Waals surface area contributed by atoms with Crippen LogP contribution in [0.25, 0.3) is 0 Å². The van der Waals surface area contributed by atoms with E-state index >= 15 is 0 Å². The fourth-order valence-electron chi connectivity index (χ4n) is 4.23. The SMILES string of the molecule is O=C(NCc1cccs1)C1CCC2C(=O)N(CCc3ccccc3)C(=O)NC2C1. The van der Waals surface area contributed by atoms with Crippen LogP contribution in [0.1, 0.15) is 29.7 Å². The zero-order chi connectivity index (χ0) is 20.2. The Morgan fingerprint density at radius 1 is 1.14 bits per heavy atom. The zero-order valence-electron chi connectivity index (χ0n) is 16.2. The van der Waals surface area contributed by atoms with E-state index < -0.39 is 0 Å². The molecule has 152 valence electrons. The standard InChI is InChI=1S/C22H25N3O3S/c26-20(23-14-17-7-4-12-29-17)16-8-9-18-19(13-16)24-22(28)25(21(18)27)11-10-15-5-2-1-3-6-15/h1-7,12,16,18-19H,8-11,13-14H2,(H,23,26)(H,24,28). The molecule has 3 atom stereocenters. The van der Waals surface area contributed by atoms with Gasteiger partial charge in [-0.3, -0.25) is 14.5 Å². The first-order valence-corrected chi connectivity index (χ1v) is 11.0. The summed E-state index contributed by atoms with van der Waals surface area (Å²) in [6.45, 7) is 0.905. The molecule has 0 spiro atoms. The monoisotopic (exact) mass is 411 g/mol. The number of thiophene rings is 1. The molecule has 1 aromatic carbocycles. The molecular formula is C22H25N3O3S. The largest absolute Gasteiger partial charge is 0.351 e. The van der Waals surface area contributed by atoms with Gasteiger partial charge < -0.3 is 10.6 Å². The maximum atomic E-state index is 12.9. The van der Waals surface area contributed by atoms with Gasteiger partial charge in [0.05, 0.1) is 12.5 Å². The lowest BCUT2D eigenvalue weighted by Crippen LogP contribution is -2.62. The Bertz CT molecular complexity index is 869. The summed E-state index contributed by atoms with van der Waals surface area (Å²) < 4.78 is 0. The van der Waals surface area contributed by atoms with E-state index in [1.165, 1.54) is 4.90 Å². The molecule has 4 amide bonds. The van der Waals surface area contributed by atoms with Crippen LogP contribution in [0.5, 0.6) is 0 Å². The van der Waals surface area contributed by atoms with Crippen molar-refractivity contribution in [3.8, 4) is 0 Å². The number of imide groups is 1.